The predicted octanol–water partition coefficient (Wildman–Crippen LogP) is 2.56. The zero-order valence-corrected chi connectivity index (χ0v) is 19.6. The number of carbonyl (C=O) groups is 1. The molecule has 1 saturated heterocycles. The Morgan fingerprint density at radius 1 is 1.15 bits per heavy atom. The summed E-state index contributed by atoms with van der Waals surface area (Å²) in [7, 11) is -3.60. The maximum Gasteiger partial charge on any atom is 0.243 e. The lowest BCUT2D eigenvalue weighted by molar-refractivity contribution is -0.126. The van der Waals surface area contributed by atoms with Crippen LogP contribution >= 0.6 is 0 Å². The van der Waals surface area contributed by atoms with E-state index in [1.54, 1.807) is 55.0 Å². The Morgan fingerprint density at radius 3 is 2.65 bits per heavy atom. The van der Waals surface area contributed by atoms with Crippen LogP contribution in [-0.2, 0) is 27.8 Å². The van der Waals surface area contributed by atoms with Gasteiger partial charge in [0.2, 0.25) is 15.9 Å². The number of sulfonamides is 1. The molecule has 1 aromatic heterocycles. The minimum Gasteiger partial charge on any atom is -0.355 e. The van der Waals surface area contributed by atoms with Crippen molar-refractivity contribution in [1.29, 1.82) is 5.26 Å². The third-order valence-corrected chi connectivity index (χ3v) is 7.93. The van der Waals surface area contributed by atoms with Gasteiger partial charge in [0, 0.05) is 44.5 Å². The molecule has 0 spiro atoms. The number of nitrogens with zero attached hydrogens (tertiary/aromatic N) is 4. The number of rotatable bonds is 8. The Labute approximate surface area is 199 Å². The summed E-state index contributed by atoms with van der Waals surface area (Å²) in [6.45, 7) is 1.69. The first-order valence-corrected chi connectivity index (χ1v) is 12.7. The zero-order chi connectivity index (χ0) is 24.0. The summed E-state index contributed by atoms with van der Waals surface area (Å²) < 4.78 is 29.3. The molecule has 0 unspecified atom stereocenters. The van der Waals surface area contributed by atoms with Crippen molar-refractivity contribution in [2.45, 2.75) is 30.7 Å². The molecule has 1 aliphatic rings. The summed E-state index contributed by atoms with van der Waals surface area (Å²) in [5, 5.41) is 11.9. The summed E-state index contributed by atoms with van der Waals surface area (Å²) in [6.07, 6.45) is 5.47. The van der Waals surface area contributed by atoms with Crippen LogP contribution in [0.2, 0.25) is 0 Å². The highest BCUT2D eigenvalue weighted by Gasteiger charge is 2.33. The highest BCUT2D eigenvalue weighted by molar-refractivity contribution is 7.89. The summed E-state index contributed by atoms with van der Waals surface area (Å²) in [5.74, 6) is -0.484. The molecule has 9 heteroatoms. The second kappa shape index (κ2) is 10.6. The number of piperidine rings is 1. The third kappa shape index (κ3) is 5.53. The van der Waals surface area contributed by atoms with Gasteiger partial charge in [0.25, 0.3) is 0 Å². The van der Waals surface area contributed by atoms with Crippen LogP contribution in [0.25, 0.3) is 0 Å². The van der Waals surface area contributed by atoms with Gasteiger partial charge in [-0.3, -0.25) is 4.79 Å². The SMILES string of the molecule is N#Cc1ccc(Cn2cncc2CCNC(=O)[C@H]2CCCN(S(=O)(=O)c3ccccc3)C2)cc1. The number of nitriles is 1. The molecule has 8 nitrogen and oxygen atoms in total. The molecule has 34 heavy (non-hydrogen) atoms. The molecule has 1 aliphatic heterocycles. The molecule has 1 amide bonds. The van der Waals surface area contributed by atoms with Crippen molar-refractivity contribution in [2.75, 3.05) is 19.6 Å². The third-order valence-electron chi connectivity index (χ3n) is 6.05. The van der Waals surface area contributed by atoms with Gasteiger partial charge in [0.1, 0.15) is 0 Å². The van der Waals surface area contributed by atoms with Crippen LogP contribution in [0.3, 0.4) is 0 Å². The highest BCUT2D eigenvalue weighted by Crippen LogP contribution is 2.23. The molecule has 176 valence electrons. The first-order valence-electron chi connectivity index (χ1n) is 11.3. The molecule has 1 atom stereocenters. The molecule has 1 N–H and O–H groups in total. The molecule has 1 fully saturated rings. The van der Waals surface area contributed by atoms with Gasteiger partial charge >= 0.3 is 0 Å². The summed E-state index contributed by atoms with van der Waals surface area (Å²) >= 11 is 0. The number of imidazole rings is 1. The fraction of sp³-hybridized carbons (Fsp3) is 0.320. The van der Waals surface area contributed by atoms with Gasteiger partial charge in [-0.1, -0.05) is 30.3 Å². The lowest BCUT2D eigenvalue weighted by Gasteiger charge is -2.31. The van der Waals surface area contributed by atoms with Crippen molar-refractivity contribution < 1.29 is 13.2 Å². The van der Waals surface area contributed by atoms with Crippen LogP contribution in [-0.4, -0.2) is 47.8 Å². The van der Waals surface area contributed by atoms with Gasteiger partial charge in [0.15, 0.2) is 0 Å². The number of amides is 1. The maximum atomic E-state index is 12.9. The monoisotopic (exact) mass is 477 g/mol. The normalized spacial score (nSPS) is 16.6. The molecule has 2 heterocycles. The van der Waals surface area contributed by atoms with Gasteiger partial charge in [-0.05, 0) is 42.7 Å². The lowest BCUT2D eigenvalue weighted by Crippen LogP contribution is -2.45. The van der Waals surface area contributed by atoms with Crippen LogP contribution in [0.1, 0.15) is 29.7 Å². The Morgan fingerprint density at radius 2 is 1.91 bits per heavy atom. The molecule has 0 saturated carbocycles. The van der Waals surface area contributed by atoms with Gasteiger partial charge < -0.3 is 9.88 Å². The van der Waals surface area contributed by atoms with Crippen LogP contribution in [0, 0.1) is 17.2 Å². The van der Waals surface area contributed by atoms with Crippen molar-refractivity contribution in [3.63, 3.8) is 0 Å². The lowest BCUT2D eigenvalue weighted by atomic mass is 9.99. The van der Waals surface area contributed by atoms with Crippen LogP contribution in [0.5, 0.6) is 0 Å². The molecule has 2 aromatic carbocycles. The Bertz CT molecular complexity index is 1260. The van der Waals surface area contributed by atoms with Crippen molar-refractivity contribution in [3.05, 3.63) is 83.9 Å². The van der Waals surface area contributed by atoms with Gasteiger partial charge in [-0.15, -0.1) is 0 Å². The second-order valence-electron chi connectivity index (χ2n) is 8.38. The topological polar surface area (TPSA) is 108 Å². The summed E-state index contributed by atoms with van der Waals surface area (Å²) in [6, 6.07) is 17.9. The zero-order valence-electron chi connectivity index (χ0n) is 18.8. The molecule has 0 aliphatic carbocycles. The van der Waals surface area contributed by atoms with E-state index in [2.05, 4.69) is 16.4 Å². The Kier molecular flexibility index (Phi) is 7.40. The van der Waals surface area contributed by atoms with Gasteiger partial charge in [-0.2, -0.15) is 9.57 Å². The molecular formula is C25H27N5O3S. The first kappa shape index (κ1) is 23.7. The van der Waals surface area contributed by atoms with Crippen molar-refractivity contribution >= 4 is 15.9 Å². The van der Waals surface area contributed by atoms with Crippen LogP contribution in [0.4, 0.5) is 0 Å². The fourth-order valence-corrected chi connectivity index (χ4v) is 5.70. The number of aromatic nitrogens is 2. The number of benzene rings is 2. The second-order valence-corrected chi connectivity index (χ2v) is 10.3. The van der Waals surface area contributed by atoms with E-state index in [0.717, 1.165) is 11.3 Å². The first-order chi connectivity index (χ1) is 16.5. The van der Waals surface area contributed by atoms with Crippen LogP contribution < -0.4 is 5.32 Å². The molecular weight excluding hydrogens is 450 g/mol. The maximum absolute atomic E-state index is 12.9. The van der Waals surface area contributed by atoms with E-state index in [1.807, 2.05) is 16.7 Å². The smallest absolute Gasteiger partial charge is 0.243 e. The molecule has 0 bridgehead atoms. The van der Waals surface area contributed by atoms with E-state index >= 15 is 0 Å². The van der Waals surface area contributed by atoms with E-state index in [1.165, 1.54) is 4.31 Å². The fourth-order valence-electron chi connectivity index (χ4n) is 4.15. The van der Waals surface area contributed by atoms with E-state index in [9.17, 15) is 13.2 Å². The largest absolute Gasteiger partial charge is 0.355 e. The predicted molar refractivity (Wildman–Crippen MR) is 127 cm³/mol. The van der Waals surface area contributed by atoms with E-state index in [4.69, 9.17) is 5.26 Å². The average Bonchev–Trinajstić information content (AvgIpc) is 3.31. The number of carbonyl (C=O) groups excluding carboxylic acids is 1. The Balaban J connectivity index is 1.31. The Hall–Kier alpha value is -3.48. The quantitative estimate of drug-likeness (QED) is 0.536. The highest BCUT2D eigenvalue weighted by atomic mass is 32.2. The minimum absolute atomic E-state index is 0.119. The minimum atomic E-state index is -3.60. The molecule has 3 aromatic rings. The van der Waals surface area contributed by atoms with E-state index < -0.39 is 10.0 Å². The van der Waals surface area contributed by atoms with Crippen LogP contribution in [0.15, 0.2) is 72.0 Å². The summed E-state index contributed by atoms with van der Waals surface area (Å²) in [4.78, 5) is 17.3. The molecule has 4 rings (SSSR count). The van der Waals surface area contributed by atoms with Crippen molar-refractivity contribution in [3.8, 4) is 6.07 Å². The number of nitrogens with one attached hydrogen (secondary N) is 1. The van der Waals surface area contributed by atoms with E-state index in [-0.39, 0.29) is 23.3 Å². The van der Waals surface area contributed by atoms with Gasteiger partial charge in [0.05, 0.1) is 28.8 Å². The molecule has 0 radical (unpaired) electrons. The van der Waals surface area contributed by atoms with Gasteiger partial charge in [-0.25, -0.2) is 13.4 Å². The standard InChI is InChI=1S/C25H27N5O3S/c26-15-20-8-10-21(11-9-20)17-29-19-27-16-23(29)12-13-28-25(31)22-5-4-14-30(18-22)34(32,33)24-6-2-1-3-7-24/h1-3,6-11,16,19,22H,4-5,12-14,17-18H2,(H,28,31)/t22-/m0/s1. The van der Waals surface area contributed by atoms with Crippen molar-refractivity contribution in [1.82, 2.24) is 19.2 Å². The average molecular weight is 478 g/mol. The number of hydrogen-bond donors (Lipinski definition) is 1. The summed E-state index contributed by atoms with van der Waals surface area (Å²) in [5.41, 5.74) is 2.67. The number of hydrogen-bond acceptors (Lipinski definition) is 5. The van der Waals surface area contributed by atoms with Crippen molar-refractivity contribution in [2.24, 2.45) is 5.92 Å². The van der Waals surface area contributed by atoms with E-state index in [0.29, 0.717) is 44.5 Å².